The second-order valence-electron chi connectivity index (χ2n) is 5.41. The van der Waals surface area contributed by atoms with Gasteiger partial charge in [-0.1, -0.05) is 30.3 Å². The van der Waals surface area contributed by atoms with Crippen molar-refractivity contribution in [3.05, 3.63) is 65.7 Å². The van der Waals surface area contributed by atoms with Crippen molar-refractivity contribution < 1.29 is 4.79 Å². The molecule has 2 aromatic carbocycles. The van der Waals surface area contributed by atoms with Crippen LogP contribution < -0.4 is 11.1 Å². The number of nitrogens with zero attached hydrogens (tertiary/aromatic N) is 2. The summed E-state index contributed by atoms with van der Waals surface area (Å²) >= 11 is 0. The van der Waals surface area contributed by atoms with Gasteiger partial charge in [-0.25, -0.2) is 0 Å². The third-order valence-electron chi connectivity index (χ3n) is 3.31. The number of benzene rings is 2. The van der Waals surface area contributed by atoms with E-state index in [1.807, 2.05) is 54.6 Å². The first-order chi connectivity index (χ1) is 11.1. The largest absolute Gasteiger partial charge is 0.370 e. The number of anilines is 1. The van der Waals surface area contributed by atoms with Gasteiger partial charge in [0.25, 0.3) is 5.91 Å². The van der Waals surface area contributed by atoms with Crippen LogP contribution >= 0.6 is 0 Å². The van der Waals surface area contributed by atoms with Crippen molar-refractivity contribution in [2.24, 2.45) is 10.7 Å². The number of carbonyl (C=O) groups is 1. The van der Waals surface area contributed by atoms with Gasteiger partial charge in [0.1, 0.15) is 0 Å². The molecular formula is C18H22N4O. The predicted octanol–water partition coefficient (Wildman–Crippen LogP) is 2.36. The van der Waals surface area contributed by atoms with Crippen LogP contribution in [0.25, 0.3) is 0 Å². The maximum absolute atomic E-state index is 12.0. The summed E-state index contributed by atoms with van der Waals surface area (Å²) in [6.45, 7) is 0.561. The van der Waals surface area contributed by atoms with Crippen LogP contribution in [0.2, 0.25) is 0 Å². The third kappa shape index (κ3) is 5.14. The summed E-state index contributed by atoms with van der Waals surface area (Å²) in [4.78, 5) is 17.8. The molecule has 2 rings (SSSR count). The van der Waals surface area contributed by atoms with Gasteiger partial charge >= 0.3 is 0 Å². The second kappa shape index (κ2) is 7.98. The average molecular weight is 310 g/mol. The molecule has 0 spiro atoms. The molecule has 0 aliphatic carbocycles. The third-order valence-corrected chi connectivity index (χ3v) is 3.31. The van der Waals surface area contributed by atoms with E-state index in [9.17, 15) is 4.79 Å². The van der Waals surface area contributed by atoms with E-state index in [0.717, 1.165) is 17.7 Å². The van der Waals surface area contributed by atoms with Gasteiger partial charge in [-0.05, 0) is 36.2 Å². The van der Waals surface area contributed by atoms with Gasteiger partial charge in [0.05, 0.1) is 0 Å². The van der Waals surface area contributed by atoms with Gasteiger partial charge in [0.15, 0.2) is 5.96 Å². The van der Waals surface area contributed by atoms with Crippen molar-refractivity contribution in [2.45, 2.75) is 6.42 Å². The van der Waals surface area contributed by atoms with Crippen molar-refractivity contribution >= 4 is 17.6 Å². The molecule has 5 nitrogen and oxygen atoms in total. The highest BCUT2D eigenvalue weighted by molar-refractivity contribution is 5.94. The normalized spacial score (nSPS) is 11.1. The number of nitrogens with two attached hydrogens (primary N) is 1. The summed E-state index contributed by atoms with van der Waals surface area (Å²) < 4.78 is 0. The Balaban J connectivity index is 1.92. The molecule has 0 aliphatic heterocycles. The molecule has 120 valence electrons. The molecule has 0 aliphatic rings. The predicted molar refractivity (Wildman–Crippen MR) is 94.7 cm³/mol. The van der Waals surface area contributed by atoms with Crippen molar-refractivity contribution in [1.29, 1.82) is 0 Å². The lowest BCUT2D eigenvalue weighted by atomic mass is 10.1. The van der Waals surface area contributed by atoms with E-state index < -0.39 is 0 Å². The number of hydrogen-bond acceptors (Lipinski definition) is 2. The average Bonchev–Trinajstić information content (AvgIpc) is 2.55. The fourth-order valence-corrected chi connectivity index (χ4v) is 2.13. The number of nitrogens with one attached hydrogen (secondary N) is 1. The van der Waals surface area contributed by atoms with Gasteiger partial charge in [0.2, 0.25) is 0 Å². The monoisotopic (exact) mass is 310 g/mol. The lowest BCUT2D eigenvalue weighted by Gasteiger charge is -2.11. The lowest BCUT2D eigenvalue weighted by Crippen LogP contribution is -2.23. The first kappa shape index (κ1) is 16.5. The van der Waals surface area contributed by atoms with E-state index in [0.29, 0.717) is 18.1 Å². The molecule has 0 heterocycles. The summed E-state index contributed by atoms with van der Waals surface area (Å²) in [6, 6.07) is 17.3. The van der Waals surface area contributed by atoms with E-state index >= 15 is 0 Å². The van der Waals surface area contributed by atoms with Crippen LogP contribution in [0.15, 0.2) is 59.6 Å². The van der Waals surface area contributed by atoms with E-state index in [1.165, 1.54) is 0 Å². The summed E-state index contributed by atoms with van der Waals surface area (Å²) in [6.07, 6.45) is 0.728. The van der Waals surface area contributed by atoms with Crippen LogP contribution in [0.4, 0.5) is 5.69 Å². The fourth-order valence-electron chi connectivity index (χ4n) is 2.13. The maximum Gasteiger partial charge on any atom is 0.253 e. The topological polar surface area (TPSA) is 70.7 Å². The Labute approximate surface area is 136 Å². The van der Waals surface area contributed by atoms with Gasteiger partial charge in [-0.3, -0.25) is 9.79 Å². The molecule has 0 saturated carbocycles. The zero-order chi connectivity index (χ0) is 16.7. The molecule has 0 unspecified atom stereocenters. The number of carbonyl (C=O) groups excluding carboxylic acids is 1. The van der Waals surface area contributed by atoms with Gasteiger partial charge < -0.3 is 16.0 Å². The maximum atomic E-state index is 12.0. The highest BCUT2D eigenvalue weighted by Crippen LogP contribution is 2.08. The van der Waals surface area contributed by atoms with Crippen molar-refractivity contribution in [3.8, 4) is 0 Å². The number of hydrogen-bond donors (Lipinski definition) is 2. The number of rotatable bonds is 5. The smallest absolute Gasteiger partial charge is 0.253 e. The minimum absolute atomic E-state index is 0.000564. The van der Waals surface area contributed by atoms with Crippen molar-refractivity contribution in [1.82, 2.24) is 4.90 Å². The Kier molecular flexibility index (Phi) is 5.74. The molecule has 0 radical (unpaired) electrons. The Morgan fingerprint density at radius 2 is 1.87 bits per heavy atom. The second-order valence-corrected chi connectivity index (χ2v) is 5.41. The number of aliphatic imine (C=N–C) groups is 1. The minimum Gasteiger partial charge on any atom is -0.370 e. The Hall–Kier alpha value is -2.82. The SMILES string of the molecule is CN(C)C(=O)c1cccc(CCN=C(N)Nc2ccccc2)c1. The van der Waals surface area contributed by atoms with Crippen LogP contribution in [0.3, 0.4) is 0 Å². The molecule has 2 aromatic rings. The molecule has 0 aromatic heterocycles. The number of para-hydroxylation sites is 1. The molecule has 3 N–H and O–H groups in total. The highest BCUT2D eigenvalue weighted by atomic mass is 16.2. The first-order valence-corrected chi connectivity index (χ1v) is 7.49. The van der Waals surface area contributed by atoms with Crippen molar-refractivity contribution in [2.75, 3.05) is 26.0 Å². The molecular weight excluding hydrogens is 288 g/mol. The van der Waals surface area contributed by atoms with Gasteiger partial charge in [-0.2, -0.15) is 0 Å². The summed E-state index contributed by atoms with van der Waals surface area (Å²) in [5.74, 6) is 0.386. The molecule has 1 amide bonds. The van der Waals surface area contributed by atoms with E-state index in [2.05, 4.69) is 10.3 Å². The lowest BCUT2D eigenvalue weighted by molar-refractivity contribution is 0.0827. The zero-order valence-electron chi connectivity index (χ0n) is 13.5. The zero-order valence-corrected chi connectivity index (χ0v) is 13.5. The van der Waals surface area contributed by atoms with Crippen LogP contribution in [-0.4, -0.2) is 37.4 Å². The summed E-state index contributed by atoms with van der Waals surface area (Å²) in [5, 5.41) is 3.04. The fraction of sp³-hybridized carbons (Fsp3) is 0.222. The van der Waals surface area contributed by atoms with Crippen LogP contribution in [0.1, 0.15) is 15.9 Å². The summed E-state index contributed by atoms with van der Waals surface area (Å²) in [5.41, 5.74) is 8.53. The quantitative estimate of drug-likeness (QED) is 0.658. The molecule has 0 saturated heterocycles. The number of guanidine groups is 1. The van der Waals surface area contributed by atoms with Gasteiger partial charge in [0, 0.05) is 31.9 Å². The number of amides is 1. The van der Waals surface area contributed by atoms with E-state index in [4.69, 9.17) is 5.73 Å². The first-order valence-electron chi connectivity index (χ1n) is 7.49. The molecule has 0 atom stereocenters. The molecule has 0 bridgehead atoms. The van der Waals surface area contributed by atoms with Crippen molar-refractivity contribution in [3.63, 3.8) is 0 Å². The standard InChI is InChI=1S/C18H22N4O/c1-22(2)17(23)15-8-6-7-14(13-15)11-12-20-18(19)21-16-9-4-3-5-10-16/h3-10,13H,11-12H2,1-2H3,(H3,19,20,21). The Morgan fingerprint density at radius 1 is 1.13 bits per heavy atom. The van der Waals surface area contributed by atoms with E-state index in [1.54, 1.807) is 19.0 Å². The minimum atomic E-state index is 0.000564. The highest BCUT2D eigenvalue weighted by Gasteiger charge is 2.07. The molecule has 0 fully saturated rings. The molecule has 5 heteroatoms. The Bertz CT molecular complexity index is 680. The summed E-state index contributed by atoms with van der Waals surface area (Å²) in [7, 11) is 3.49. The Morgan fingerprint density at radius 3 is 2.57 bits per heavy atom. The van der Waals surface area contributed by atoms with Crippen LogP contribution in [-0.2, 0) is 6.42 Å². The van der Waals surface area contributed by atoms with Crippen LogP contribution in [0.5, 0.6) is 0 Å². The van der Waals surface area contributed by atoms with Gasteiger partial charge in [-0.15, -0.1) is 0 Å². The van der Waals surface area contributed by atoms with E-state index in [-0.39, 0.29) is 5.91 Å². The van der Waals surface area contributed by atoms with Crippen LogP contribution in [0, 0.1) is 0 Å². The molecule has 23 heavy (non-hydrogen) atoms.